The summed E-state index contributed by atoms with van der Waals surface area (Å²) in [6.07, 6.45) is 0.900. The van der Waals surface area contributed by atoms with Crippen LogP contribution in [0.5, 0.6) is 0 Å². The Morgan fingerprint density at radius 2 is 2.08 bits per heavy atom. The summed E-state index contributed by atoms with van der Waals surface area (Å²) in [5, 5.41) is 12.4. The Hall–Kier alpha value is -2.76. The molecular weight excluding hydrogens is 326 g/mol. The average Bonchev–Trinajstić information content (AvgIpc) is 3.14. The number of hydrogen-bond acceptors (Lipinski definition) is 3. The zero-order chi connectivity index (χ0) is 18.7. The Labute approximate surface area is 154 Å². The summed E-state index contributed by atoms with van der Waals surface area (Å²) in [7, 11) is 3.76. The van der Waals surface area contributed by atoms with Crippen molar-refractivity contribution in [2.24, 2.45) is 12.0 Å². The van der Waals surface area contributed by atoms with Crippen LogP contribution in [-0.2, 0) is 20.0 Å². The van der Waals surface area contributed by atoms with Crippen LogP contribution in [0.4, 0.5) is 0 Å². The molecule has 2 N–H and O–H groups in total. The van der Waals surface area contributed by atoms with E-state index < -0.39 is 0 Å². The van der Waals surface area contributed by atoms with Crippen molar-refractivity contribution < 1.29 is 4.42 Å². The molecule has 0 spiro atoms. The number of furan rings is 1. The summed E-state index contributed by atoms with van der Waals surface area (Å²) in [6.45, 7) is 6.91. The van der Waals surface area contributed by atoms with Crippen molar-refractivity contribution in [2.45, 2.75) is 39.8 Å². The molecule has 0 aliphatic carbocycles. The lowest BCUT2D eigenvalue weighted by molar-refractivity contribution is 0.535. The minimum absolute atomic E-state index is 0.235. The number of benzene rings is 1. The molecule has 1 unspecified atom stereocenters. The van der Waals surface area contributed by atoms with Gasteiger partial charge >= 0.3 is 0 Å². The van der Waals surface area contributed by atoms with Gasteiger partial charge in [-0.1, -0.05) is 18.2 Å². The number of aliphatic imine (C=N–C) groups is 1. The first-order valence-corrected chi connectivity index (χ1v) is 8.91. The summed E-state index contributed by atoms with van der Waals surface area (Å²) in [4.78, 5) is 4.32. The van der Waals surface area contributed by atoms with Gasteiger partial charge in [-0.15, -0.1) is 0 Å². The van der Waals surface area contributed by atoms with Crippen LogP contribution in [0.2, 0.25) is 0 Å². The van der Waals surface area contributed by atoms with Gasteiger partial charge in [0.25, 0.3) is 0 Å². The summed E-state index contributed by atoms with van der Waals surface area (Å²) in [5.74, 6) is 1.65. The van der Waals surface area contributed by atoms with Crippen LogP contribution in [0.3, 0.4) is 0 Å². The highest BCUT2D eigenvalue weighted by atomic mass is 16.3. The van der Waals surface area contributed by atoms with E-state index in [4.69, 9.17) is 4.42 Å². The monoisotopic (exact) mass is 353 g/mol. The first-order chi connectivity index (χ1) is 12.5. The highest BCUT2D eigenvalue weighted by molar-refractivity contribution is 5.80. The molecule has 1 atom stereocenters. The van der Waals surface area contributed by atoms with E-state index in [1.165, 1.54) is 11.3 Å². The van der Waals surface area contributed by atoms with Crippen LogP contribution >= 0.6 is 0 Å². The Kier molecular flexibility index (Phi) is 5.30. The van der Waals surface area contributed by atoms with E-state index in [0.717, 1.165) is 34.8 Å². The predicted octanol–water partition coefficient (Wildman–Crippen LogP) is 3.08. The zero-order valence-electron chi connectivity index (χ0n) is 16.1. The second-order valence-corrected chi connectivity index (χ2v) is 6.70. The highest BCUT2D eigenvalue weighted by Gasteiger charge is 2.14. The number of hydrogen-bond donors (Lipinski definition) is 2. The summed E-state index contributed by atoms with van der Waals surface area (Å²) >= 11 is 0. The van der Waals surface area contributed by atoms with E-state index in [1.807, 2.05) is 29.9 Å². The van der Waals surface area contributed by atoms with E-state index in [-0.39, 0.29) is 6.04 Å². The molecule has 2 heterocycles. The second-order valence-electron chi connectivity index (χ2n) is 6.70. The maximum Gasteiger partial charge on any atom is 0.191 e. The number of fused-ring (bicyclic) bond motifs is 1. The number of guanidine groups is 1. The van der Waals surface area contributed by atoms with Gasteiger partial charge in [-0.2, -0.15) is 5.10 Å². The molecule has 3 aromatic rings. The Morgan fingerprint density at radius 3 is 2.73 bits per heavy atom. The number of aryl methyl sites for hydroxylation is 2. The van der Waals surface area contributed by atoms with E-state index >= 15 is 0 Å². The van der Waals surface area contributed by atoms with Gasteiger partial charge in [0.15, 0.2) is 5.96 Å². The third-order valence-electron chi connectivity index (χ3n) is 4.68. The van der Waals surface area contributed by atoms with Crippen LogP contribution < -0.4 is 10.6 Å². The molecule has 0 bridgehead atoms. The molecule has 0 aliphatic heterocycles. The number of rotatable bonds is 5. The molecule has 0 saturated heterocycles. The van der Waals surface area contributed by atoms with Gasteiger partial charge in [-0.25, -0.2) is 0 Å². The van der Waals surface area contributed by atoms with Crippen molar-refractivity contribution in [1.82, 2.24) is 20.4 Å². The molecular formula is C20H27N5O. The number of nitrogens with zero attached hydrogens (tertiary/aromatic N) is 3. The van der Waals surface area contributed by atoms with Gasteiger partial charge in [-0.05, 0) is 44.9 Å². The lowest BCUT2D eigenvalue weighted by Gasteiger charge is -2.18. The van der Waals surface area contributed by atoms with Crippen molar-refractivity contribution in [3.63, 3.8) is 0 Å². The van der Waals surface area contributed by atoms with Crippen molar-refractivity contribution in [3.8, 4) is 0 Å². The smallest absolute Gasteiger partial charge is 0.191 e. The molecule has 1 aromatic carbocycles. The molecule has 3 rings (SSSR count). The third kappa shape index (κ3) is 3.90. The molecule has 138 valence electrons. The van der Waals surface area contributed by atoms with Gasteiger partial charge in [-0.3, -0.25) is 9.67 Å². The van der Waals surface area contributed by atoms with E-state index in [9.17, 15) is 0 Å². The van der Waals surface area contributed by atoms with Crippen molar-refractivity contribution >= 4 is 16.9 Å². The fourth-order valence-corrected chi connectivity index (χ4v) is 3.19. The van der Waals surface area contributed by atoms with Gasteiger partial charge in [0.1, 0.15) is 11.3 Å². The Morgan fingerprint density at radius 1 is 1.31 bits per heavy atom. The third-order valence-corrected chi connectivity index (χ3v) is 4.68. The molecule has 0 aliphatic rings. The summed E-state index contributed by atoms with van der Waals surface area (Å²) in [5.41, 5.74) is 4.49. The normalized spacial score (nSPS) is 13.2. The van der Waals surface area contributed by atoms with E-state index in [2.05, 4.69) is 53.6 Å². The van der Waals surface area contributed by atoms with Crippen molar-refractivity contribution in [1.29, 1.82) is 0 Å². The molecule has 6 heteroatoms. The van der Waals surface area contributed by atoms with Crippen LogP contribution in [-0.4, -0.2) is 28.8 Å². The second kappa shape index (κ2) is 7.64. The molecule has 6 nitrogen and oxygen atoms in total. The van der Waals surface area contributed by atoms with Gasteiger partial charge in [0.05, 0.1) is 12.2 Å². The minimum Gasteiger partial charge on any atom is -0.459 e. The highest BCUT2D eigenvalue weighted by Crippen LogP contribution is 2.18. The molecule has 0 saturated carbocycles. The van der Waals surface area contributed by atoms with Crippen LogP contribution in [0.25, 0.3) is 11.0 Å². The van der Waals surface area contributed by atoms with Crippen molar-refractivity contribution in [3.05, 3.63) is 53.0 Å². The SMILES string of the molecule is CN=C(NCc1cc2ccccc2o1)NC(C)Cc1c(C)nn(C)c1C. The van der Waals surface area contributed by atoms with Crippen molar-refractivity contribution in [2.75, 3.05) is 7.05 Å². The maximum absolute atomic E-state index is 5.84. The topological polar surface area (TPSA) is 67.4 Å². The number of para-hydroxylation sites is 1. The first-order valence-electron chi connectivity index (χ1n) is 8.91. The van der Waals surface area contributed by atoms with Crippen LogP contribution in [0.15, 0.2) is 39.7 Å². The van der Waals surface area contributed by atoms with E-state index in [1.54, 1.807) is 7.05 Å². The predicted molar refractivity (Wildman–Crippen MR) is 105 cm³/mol. The first kappa shape index (κ1) is 18.0. The molecule has 0 amide bonds. The van der Waals surface area contributed by atoms with Gasteiger partial charge in [0.2, 0.25) is 0 Å². The fourth-order valence-electron chi connectivity index (χ4n) is 3.19. The quantitative estimate of drug-likeness (QED) is 0.546. The lowest BCUT2D eigenvalue weighted by atomic mass is 10.1. The lowest BCUT2D eigenvalue weighted by Crippen LogP contribution is -2.42. The minimum atomic E-state index is 0.235. The van der Waals surface area contributed by atoms with E-state index in [0.29, 0.717) is 6.54 Å². The number of aromatic nitrogens is 2. The standard InChI is InChI=1S/C20H27N5O/c1-13(10-18-14(2)24-25(5)15(18)3)23-20(21-4)22-12-17-11-16-8-6-7-9-19(16)26-17/h6-9,11,13H,10,12H2,1-5H3,(H2,21,22,23). The molecule has 0 fully saturated rings. The van der Waals surface area contributed by atoms with Crippen LogP contribution in [0, 0.1) is 13.8 Å². The average molecular weight is 353 g/mol. The largest absolute Gasteiger partial charge is 0.459 e. The number of nitrogens with one attached hydrogen (secondary N) is 2. The fraction of sp³-hybridized carbons (Fsp3) is 0.400. The molecule has 26 heavy (non-hydrogen) atoms. The maximum atomic E-state index is 5.84. The summed E-state index contributed by atoms with van der Waals surface area (Å²) in [6, 6.07) is 10.3. The molecule has 0 radical (unpaired) electrons. The zero-order valence-corrected chi connectivity index (χ0v) is 16.1. The summed E-state index contributed by atoms with van der Waals surface area (Å²) < 4.78 is 7.78. The van der Waals surface area contributed by atoms with Crippen LogP contribution in [0.1, 0.15) is 29.6 Å². The Bertz CT molecular complexity index is 889. The molecule has 2 aromatic heterocycles. The Balaban J connectivity index is 1.58. The van der Waals surface area contributed by atoms with Gasteiger partial charge < -0.3 is 15.1 Å². The van der Waals surface area contributed by atoms with Gasteiger partial charge in [0, 0.05) is 31.2 Å².